The van der Waals surface area contributed by atoms with Gasteiger partial charge in [0.1, 0.15) is 5.76 Å². The van der Waals surface area contributed by atoms with E-state index in [9.17, 15) is 4.79 Å². The van der Waals surface area contributed by atoms with Gasteiger partial charge in [-0.1, -0.05) is 30.3 Å². The Morgan fingerprint density at radius 2 is 2.04 bits per heavy atom. The largest absolute Gasteiger partial charge is 0.465 e. The Bertz CT molecular complexity index is 862. The lowest BCUT2D eigenvalue weighted by Crippen LogP contribution is -2.17. The average Bonchev–Trinajstić information content (AvgIpc) is 3.24. The zero-order valence-corrected chi connectivity index (χ0v) is 13.9. The van der Waals surface area contributed by atoms with Crippen molar-refractivity contribution in [2.24, 2.45) is 5.10 Å². The number of amides is 1. The summed E-state index contributed by atoms with van der Waals surface area (Å²) in [6.07, 6.45) is 6.58. The van der Waals surface area contributed by atoms with Crippen molar-refractivity contribution in [3.05, 3.63) is 76.4 Å². The Hall–Kier alpha value is -2.92. The summed E-state index contributed by atoms with van der Waals surface area (Å²) in [5.41, 5.74) is 5.18. The number of furan rings is 1. The van der Waals surface area contributed by atoms with Crippen LogP contribution < -0.4 is 5.43 Å². The van der Waals surface area contributed by atoms with Crippen LogP contribution in [0.3, 0.4) is 0 Å². The number of nitrogens with one attached hydrogen (secondary N) is 1. The van der Waals surface area contributed by atoms with E-state index in [0.29, 0.717) is 5.56 Å². The Morgan fingerprint density at radius 1 is 1.21 bits per heavy atom. The predicted octanol–water partition coefficient (Wildman–Crippen LogP) is 4.75. The van der Waals surface area contributed by atoms with Crippen LogP contribution in [0, 0.1) is 6.92 Å². The second-order valence-electron chi connectivity index (χ2n) is 5.04. The van der Waals surface area contributed by atoms with E-state index < -0.39 is 0 Å². The summed E-state index contributed by atoms with van der Waals surface area (Å²) in [6, 6.07) is 13.5. The molecule has 0 bridgehead atoms. The molecule has 0 atom stereocenters. The minimum absolute atomic E-state index is 0.221. The van der Waals surface area contributed by atoms with E-state index in [1.54, 1.807) is 29.8 Å². The maximum Gasteiger partial charge on any atom is 0.272 e. The summed E-state index contributed by atoms with van der Waals surface area (Å²) in [6.45, 7) is 2.01. The van der Waals surface area contributed by atoms with Crippen LogP contribution in [-0.4, -0.2) is 12.1 Å². The molecule has 0 aliphatic heterocycles. The number of nitrogens with zero attached hydrogens (tertiary/aromatic N) is 1. The predicted molar refractivity (Wildman–Crippen MR) is 98.2 cm³/mol. The molecule has 24 heavy (non-hydrogen) atoms. The SMILES string of the molecule is Cc1scc(C(=O)N/N=C\C=C\c2ccco2)c1-c1ccccc1. The molecular formula is C19H16N2O2S. The average molecular weight is 336 g/mol. The van der Waals surface area contributed by atoms with Crippen molar-refractivity contribution in [2.75, 3.05) is 0 Å². The number of allylic oxidation sites excluding steroid dienone is 1. The van der Waals surface area contributed by atoms with Crippen molar-refractivity contribution < 1.29 is 9.21 Å². The third kappa shape index (κ3) is 3.70. The molecule has 120 valence electrons. The summed E-state index contributed by atoms with van der Waals surface area (Å²) < 4.78 is 5.16. The first kappa shape index (κ1) is 16.0. The van der Waals surface area contributed by atoms with Crippen LogP contribution in [0.4, 0.5) is 0 Å². The highest BCUT2D eigenvalue weighted by molar-refractivity contribution is 7.10. The normalized spacial score (nSPS) is 11.4. The molecule has 5 heteroatoms. The molecule has 0 aliphatic carbocycles. The highest BCUT2D eigenvalue weighted by Gasteiger charge is 2.16. The fourth-order valence-electron chi connectivity index (χ4n) is 2.31. The van der Waals surface area contributed by atoms with Crippen LogP contribution in [0.25, 0.3) is 17.2 Å². The van der Waals surface area contributed by atoms with Gasteiger partial charge >= 0.3 is 0 Å². The van der Waals surface area contributed by atoms with Crippen molar-refractivity contribution in [1.82, 2.24) is 5.43 Å². The number of hydrogen-bond donors (Lipinski definition) is 1. The second kappa shape index (κ2) is 7.57. The molecule has 2 heterocycles. The molecule has 4 nitrogen and oxygen atoms in total. The molecule has 0 saturated heterocycles. The van der Waals surface area contributed by atoms with E-state index >= 15 is 0 Å². The van der Waals surface area contributed by atoms with Gasteiger partial charge in [0, 0.05) is 22.0 Å². The number of thiophene rings is 1. The van der Waals surface area contributed by atoms with Crippen LogP contribution in [-0.2, 0) is 0 Å². The smallest absolute Gasteiger partial charge is 0.272 e. The third-order valence-electron chi connectivity index (χ3n) is 3.41. The quantitative estimate of drug-likeness (QED) is 0.540. The number of rotatable bonds is 5. The van der Waals surface area contributed by atoms with Gasteiger partial charge in [-0.15, -0.1) is 11.3 Å². The molecular weight excluding hydrogens is 320 g/mol. The number of aryl methyl sites for hydroxylation is 1. The van der Waals surface area contributed by atoms with Gasteiger partial charge in [-0.3, -0.25) is 4.79 Å². The molecule has 1 N–H and O–H groups in total. The summed E-state index contributed by atoms with van der Waals surface area (Å²) in [5.74, 6) is 0.508. The minimum atomic E-state index is -0.221. The molecule has 0 fully saturated rings. The van der Waals surface area contributed by atoms with Gasteiger partial charge in [0.15, 0.2) is 0 Å². The molecule has 3 rings (SSSR count). The second-order valence-corrected chi connectivity index (χ2v) is 6.12. The topological polar surface area (TPSA) is 54.6 Å². The van der Waals surface area contributed by atoms with Gasteiger partial charge in [0.2, 0.25) is 0 Å². The lowest BCUT2D eigenvalue weighted by Gasteiger charge is -2.04. The number of carbonyl (C=O) groups excluding carboxylic acids is 1. The Morgan fingerprint density at radius 3 is 2.79 bits per heavy atom. The number of benzene rings is 1. The van der Waals surface area contributed by atoms with E-state index in [4.69, 9.17) is 4.42 Å². The molecule has 0 unspecified atom stereocenters. The summed E-state index contributed by atoms with van der Waals surface area (Å²) in [4.78, 5) is 13.5. The van der Waals surface area contributed by atoms with Crippen LogP contribution in [0.5, 0.6) is 0 Å². The van der Waals surface area contributed by atoms with Crippen LogP contribution in [0.15, 0.2) is 69.7 Å². The number of carbonyl (C=O) groups is 1. The molecule has 3 aromatic rings. The fourth-order valence-corrected chi connectivity index (χ4v) is 3.17. The molecule has 0 aliphatic rings. The zero-order chi connectivity index (χ0) is 16.8. The van der Waals surface area contributed by atoms with Gasteiger partial charge in [0.25, 0.3) is 5.91 Å². The molecule has 2 aromatic heterocycles. The molecule has 0 radical (unpaired) electrons. The van der Waals surface area contributed by atoms with Gasteiger partial charge in [0.05, 0.1) is 11.8 Å². The lowest BCUT2D eigenvalue weighted by atomic mass is 10.0. The van der Waals surface area contributed by atoms with E-state index in [1.807, 2.05) is 54.8 Å². The summed E-state index contributed by atoms with van der Waals surface area (Å²) in [5, 5.41) is 5.81. The van der Waals surface area contributed by atoms with Gasteiger partial charge in [-0.25, -0.2) is 5.43 Å². The molecule has 0 saturated carbocycles. The first-order chi connectivity index (χ1) is 11.8. The van der Waals surface area contributed by atoms with E-state index in [2.05, 4.69) is 10.5 Å². The molecule has 1 amide bonds. The summed E-state index contributed by atoms with van der Waals surface area (Å²) in [7, 11) is 0. The number of hydrazone groups is 1. The number of hydrogen-bond acceptors (Lipinski definition) is 4. The van der Waals surface area contributed by atoms with Crippen molar-refractivity contribution in [3.63, 3.8) is 0 Å². The van der Waals surface area contributed by atoms with E-state index in [1.165, 1.54) is 6.21 Å². The van der Waals surface area contributed by atoms with E-state index in [-0.39, 0.29) is 5.91 Å². The first-order valence-electron chi connectivity index (χ1n) is 7.43. The van der Waals surface area contributed by atoms with Crippen molar-refractivity contribution in [2.45, 2.75) is 6.92 Å². The van der Waals surface area contributed by atoms with Crippen LogP contribution >= 0.6 is 11.3 Å². The third-order valence-corrected chi connectivity index (χ3v) is 4.32. The Balaban J connectivity index is 1.70. The minimum Gasteiger partial charge on any atom is -0.465 e. The lowest BCUT2D eigenvalue weighted by molar-refractivity contribution is 0.0956. The van der Waals surface area contributed by atoms with Gasteiger partial charge in [-0.05, 0) is 36.8 Å². The summed E-state index contributed by atoms with van der Waals surface area (Å²) >= 11 is 1.56. The monoisotopic (exact) mass is 336 g/mol. The highest BCUT2D eigenvalue weighted by atomic mass is 32.1. The fraction of sp³-hybridized carbons (Fsp3) is 0.0526. The van der Waals surface area contributed by atoms with Gasteiger partial charge in [-0.2, -0.15) is 5.10 Å². The van der Waals surface area contributed by atoms with Crippen molar-refractivity contribution in [1.29, 1.82) is 0 Å². The highest BCUT2D eigenvalue weighted by Crippen LogP contribution is 2.32. The van der Waals surface area contributed by atoms with Gasteiger partial charge < -0.3 is 4.42 Å². The zero-order valence-electron chi connectivity index (χ0n) is 13.1. The maximum absolute atomic E-state index is 12.4. The van der Waals surface area contributed by atoms with Crippen molar-refractivity contribution in [3.8, 4) is 11.1 Å². The Kier molecular flexibility index (Phi) is 5.03. The first-order valence-corrected chi connectivity index (χ1v) is 8.31. The Labute approximate surface area is 144 Å². The molecule has 0 spiro atoms. The standard InChI is InChI=1S/C19H16N2O2S/c1-14-18(15-7-3-2-4-8-15)17(13-24-14)19(22)21-20-11-5-9-16-10-6-12-23-16/h2-13H,1H3,(H,21,22)/b9-5+,20-11-. The van der Waals surface area contributed by atoms with Crippen LogP contribution in [0.2, 0.25) is 0 Å². The maximum atomic E-state index is 12.4. The van der Waals surface area contributed by atoms with Crippen LogP contribution in [0.1, 0.15) is 21.0 Å². The van der Waals surface area contributed by atoms with Crippen molar-refractivity contribution >= 4 is 29.5 Å². The molecule has 1 aromatic carbocycles. The van der Waals surface area contributed by atoms with E-state index in [0.717, 1.165) is 21.8 Å².